The lowest BCUT2D eigenvalue weighted by molar-refractivity contribution is 0.0734. The highest BCUT2D eigenvalue weighted by Gasteiger charge is 2.21. The van der Waals surface area contributed by atoms with Crippen LogP contribution in [0.25, 0.3) is 0 Å². The fourth-order valence-corrected chi connectivity index (χ4v) is 3.26. The van der Waals surface area contributed by atoms with Crippen LogP contribution in [0.3, 0.4) is 0 Å². The second-order valence-electron chi connectivity index (χ2n) is 6.68. The smallest absolute Gasteiger partial charge is 0.254 e. The molecule has 0 saturated heterocycles. The van der Waals surface area contributed by atoms with Crippen LogP contribution in [0.4, 0.5) is 0 Å². The lowest BCUT2D eigenvalue weighted by atomic mass is 9.99. The van der Waals surface area contributed by atoms with Crippen molar-refractivity contribution >= 4 is 5.91 Å². The molecule has 0 aliphatic carbocycles. The normalized spacial score (nSPS) is 13.2. The summed E-state index contributed by atoms with van der Waals surface area (Å²) in [7, 11) is 0. The van der Waals surface area contributed by atoms with Crippen molar-refractivity contribution in [2.24, 2.45) is 0 Å². The molecule has 26 heavy (non-hydrogen) atoms. The first kappa shape index (κ1) is 16.4. The monoisotopic (exact) mass is 343 g/mol. The molecular formula is C23H21NO2. The molecule has 1 aliphatic heterocycles. The van der Waals surface area contributed by atoms with E-state index in [1.165, 1.54) is 16.7 Å². The third kappa shape index (κ3) is 3.47. The Morgan fingerprint density at radius 3 is 2.15 bits per heavy atom. The molecule has 3 nitrogen and oxygen atoms in total. The van der Waals surface area contributed by atoms with Crippen molar-refractivity contribution in [1.29, 1.82) is 0 Å². The first-order valence-corrected chi connectivity index (χ1v) is 8.90. The molecule has 0 N–H and O–H groups in total. The minimum absolute atomic E-state index is 0.0707. The van der Waals surface area contributed by atoms with Crippen LogP contribution in [0, 0.1) is 6.92 Å². The van der Waals surface area contributed by atoms with E-state index in [0.717, 1.165) is 24.5 Å². The quantitative estimate of drug-likeness (QED) is 0.671. The number of carbonyl (C=O) groups is 1. The number of hydrogen-bond acceptors (Lipinski definition) is 2. The molecule has 0 unspecified atom stereocenters. The fraction of sp³-hybridized carbons (Fsp3) is 0.174. The van der Waals surface area contributed by atoms with Crippen molar-refractivity contribution in [3.63, 3.8) is 0 Å². The molecule has 3 heteroatoms. The summed E-state index contributed by atoms with van der Waals surface area (Å²) in [4.78, 5) is 14.7. The van der Waals surface area contributed by atoms with Crippen LogP contribution in [0.2, 0.25) is 0 Å². The summed E-state index contributed by atoms with van der Waals surface area (Å²) < 4.78 is 5.84. The van der Waals surface area contributed by atoms with Gasteiger partial charge in [-0.15, -0.1) is 0 Å². The number of fused-ring (bicyclic) bond motifs is 1. The van der Waals surface area contributed by atoms with Gasteiger partial charge >= 0.3 is 0 Å². The predicted molar refractivity (Wildman–Crippen MR) is 103 cm³/mol. The molecule has 0 saturated carbocycles. The first-order chi connectivity index (χ1) is 12.7. The van der Waals surface area contributed by atoms with E-state index in [4.69, 9.17) is 4.74 Å². The van der Waals surface area contributed by atoms with Crippen LogP contribution < -0.4 is 4.74 Å². The van der Waals surface area contributed by atoms with Gasteiger partial charge in [-0.05, 0) is 60.9 Å². The Labute approximate surface area is 153 Å². The summed E-state index contributed by atoms with van der Waals surface area (Å²) in [5.41, 5.74) is 4.48. The van der Waals surface area contributed by atoms with Crippen LogP contribution in [0.5, 0.6) is 11.5 Å². The van der Waals surface area contributed by atoms with E-state index in [1.807, 2.05) is 66.4 Å². The predicted octanol–water partition coefficient (Wildman–Crippen LogP) is 4.99. The number of carbonyl (C=O) groups excluding carboxylic acids is 1. The van der Waals surface area contributed by atoms with Gasteiger partial charge in [0.25, 0.3) is 5.91 Å². The molecule has 0 fully saturated rings. The van der Waals surface area contributed by atoms with Crippen LogP contribution in [0.15, 0.2) is 72.8 Å². The molecule has 0 bridgehead atoms. The Morgan fingerprint density at radius 2 is 1.46 bits per heavy atom. The van der Waals surface area contributed by atoms with Gasteiger partial charge in [0.15, 0.2) is 0 Å². The van der Waals surface area contributed by atoms with Gasteiger partial charge in [0.1, 0.15) is 11.5 Å². The number of amides is 1. The van der Waals surface area contributed by atoms with Gasteiger partial charge < -0.3 is 9.64 Å². The second kappa shape index (κ2) is 7.04. The van der Waals surface area contributed by atoms with Crippen molar-refractivity contribution in [3.8, 4) is 11.5 Å². The molecule has 1 aliphatic rings. The Bertz CT molecular complexity index is 914. The molecule has 0 radical (unpaired) electrons. The average Bonchev–Trinajstić information content (AvgIpc) is 2.69. The van der Waals surface area contributed by atoms with Gasteiger partial charge in [-0.3, -0.25) is 4.79 Å². The van der Waals surface area contributed by atoms with Crippen molar-refractivity contribution in [2.45, 2.75) is 19.9 Å². The lowest BCUT2D eigenvalue weighted by Gasteiger charge is -2.29. The largest absolute Gasteiger partial charge is 0.457 e. The van der Waals surface area contributed by atoms with Crippen LogP contribution in [0.1, 0.15) is 27.0 Å². The van der Waals surface area contributed by atoms with Crippen LogP contribution in [-0.2, 0) is 13.0 Å². The van der Waals surface area contributed by atoms with Crippen molar-refractivity contribution < 1.29 is 9.53 Å². The lowest BCUT2D eigenvalue weighted by Crippen LogP contribution is -2.35. The maximum absolute atomic E-state index is 12.8. The standard InChI is InChI=1S/C23H21NO2/c1-17-6-10-21(11-7-17)26-22-12-8-19(9-13-22)23(25)24-15-14-18-4-2-3-5-20(18)16-24/h2-13H,14-16H2,1H3. The van der Waals surface area contributed by atoms with E-state index in [2.05, 4.69) is 18.2 Å². The number of ether oxygens (including phenoxy) is 1. The third-order valence-corrected chi connectivity index (χ3v) is 4.78. The first-order valence-electron chi connectivity index (χ1n) is 8.90. The molecule has 4 rings (SSSR count). The van der Waals surface area contributed by atoms with E-state index in [1.54, 1.807) is 0 Å². The Kier molecular flexibility index (Phi) is 4.44. The zero-order valence-corrected chi connectivity index (χ0v) is 14.8. The van der Waals surface area contributed by atoms with Crippen molar-refractivity contribution in [3.05, 3.63) is 95.1 Å². The zero-order chi connectivity index (χ0) is 17.9. The number of hydrogen-bond donors (Lipinski definition) is 0. The van der Waals surface area contributed by atoms with Gasteiger partial charge in [-0.2, -0.15) is 0 Å². The molecule has 0 atom stereocenters. The van der Waals surface area contributed by atoms with Crippen molar-refractivity contribution in [2.75, 3.05) is 6.54 Å². The summed E-state index contributed by atoms with van der Waals surface area (Å²) in [5.74, 6) is 1.60. The maximum Gasteiger partial charge on any atom is 0.254 e. The van der Waals surface area contributed by atoms with E-state index < -0.39 is 0 Å². The van der Waals surface area contributed by atoms with E-state index >= 15 is 0 Å². The highest BCUT2D eigenvalue weighted by molar-refractivity contribution is 5.94. The van der Waals surface area contributed by atoms with E-state index in [9.17, 15) is 4.79 Å². The number of nitrogens with zero attached hydrogens (tertiary/aromatic N) is 1. The minimum Gasteiger partial charge on any atom is -0.457 e. The number of benzene rings is 3. The molecule has 3 aromatic carbocycles. The van der Waals surface area contributed by atoms with Gasteiger partial charge in [-0.25, -0.2) is 0 Å². The summed E-state index contributed by atoms with van der Waals surface area (Å²) in [6, 6.07) is 23.6. The molecule has 0 aromatic heterocycles. The van der Waals surface area contributed by atoms with Gasteiger partial charge in [0, 0.05) is 18.7 Å². The molecule has 3 aromatic rings. The second-order valence-corrected chi connectivity index (χ2v) is 6.68. The van der Waals surface area contributed by atoms with E-state index in [-0.39, 0.29) is 5.91 Å². The summed E-state index contributed by atoms with van der Waals surface area (Å²) >= 11 is 0. The molecule has 1 amide bonds. The highest BCUT2D eigenvalue weighted by atomic mass is 16.5. The van der Waals surface area contributed by atoms with Gasteiger partial charge in [0.05, 0.1) is 0 Å². The molecule has 1 heterocycles. The maximum atomic E-state index is 12.8. The van der Waals surface area contributed by atoms with E-state index in [0.29, 0.717) is 12.1 Å². The Hall–Kier alpha value is -3.07. The SMILES string of the molecule is Cc1ccc(Oc2ccc(C(=O)N3CCc4ccccc4C3)cc2)cc1. The molecule has 130 valence electrons. The zero-order valence-electron chi connectivity index (χ0n) is 14.8. The van der Waals surface area contributed by atoms with Crippen molar-refractivity contribution in [1.82, 2.24) is 4.90 Å². The van der Waals surface area contributed by atoms with Gasteiger partial charge in [0.2, 0.25) is 0 Å². The minimum atomic E-state index is 0.0707. The Morgan fingerprint density at radius 1 is 0.846 bits per heavy atom. The van der Waals surface area contributed by atoms with Crippen LogP contribution in [-0.4, -0.2) is 17.4 Å². The topological polar surface area (TPSA) is 29.5 Å². The summed E-state index contributed by atoms with van der Waals surface area (Å²) in [5, 5.41) is 0. The van der Waals surface area contributed by atoms with Crippen LogP contribution >= 0.6 is 0 Å². The number of rotatable bonds is 3. The summed E-state index contributed by atoms with van der Waals surface area (Å²) in [6.07, 6.45) is 0.913. The highest BCUT2D eigenvalue weighted by Crippen LogP contribution is 2.24. The molecule has 0 spiro atoms. The Balaban J connectivity index is 1.45. The third-order valence-electron chi connectivity index (χ3n) is 4.78. The van der Waals surface area contributed by atoms with Gasteiger partial charge in [-0.1, -0.05) is 42.0 Å². The average molecular weight is 343 g/mol. The number of aryl methyl sites for hydroxylation is 1. The fourth-order valence-electron chi connectivity index (χ4n) is 3.26. The summed E-state index contributed by atoms with van der Waals surface area (Å²) in [6.45, 7) is 3.48. The molecular weight excluding hydrogens is 322 g/mol.